The molecule has 0 unspecified atom stereocenters. The van der Waals surface area contributed by atoms with Gasteiger partial charge < -0.3 is 4.90 Å². The smallest absolute Gasteiger partial charge is 0.266 e. The Hall–Kier alpha value is -1.66. The number of para-hydroxylation sites is 1. The molecule has 1 fully saturated rings. The molecule has 6 heteroatoms. The first-order chi connectivity index (χ1) is 9.56. The zero-order valence-electron chi connectivity index (χ0n) is 11.0. The molecule has 1 saturated heterocycles. The first-order valence-electron chi connectivity index (χ1n) is 6.21. The average molecular weight is 304 g/mol. The first-order valence-corrected chi connectivity index (χ1v) is 7.44. The quantitative estimate of drug-likeness (QED) is 0.589. The minimum Gasteiger partial charge on any atom is -0.311 e. The molecule has 0 aliphatic carbocycles. The average Bonchev–Trinajstić information content (AvgIpc) is 2.86. The molecule has 2 heterocycles. The standard InChI is InChI=1S/C14H12N2O2S2/c1-3-16-13(18)11(20-14(16)19)10-8-6-4-5-7-9(8)15(2)12(10)17/h4-7H,3H2,1-2H3/b11-10+. The highest BCUT2D eigenvalue weighted by Gasteiger charge is 2.40. The lowest BCUT2D eigenvalue weighted by Gasteiger charge is -2.10. The number of fused-ring (bicyclic) bond motifs is 1. The monoisotopic (exact) mass is 304 g/mol. The van der Waals surface area contributed by atoms with Gasteiger partial charge in [0, 0.05) is 19.2 Å². The van der Waals surface area contributed by atoms with Crippen molar-refractivity contribution in [3.8, 4) is 0 Å². The maximum atomic E-state index is 12.4. The zero-order chi connectivity index (χ0) is 14.4. The van der Waals surface area contributed by atoms with Crippen molar-refractivity contribution in [2.24, 2.45) is 0 Å². The van der Waals surface area contributed by atoms with Crippen LogP contribution in [-0.2, 0) is 9.59 Å². The number of carbonyl (C=O) groups is 2. The van der Waals surface area contributed by atoms with Crippen molar-refractivity contribution in [1.82, 2.24) is 4.90 Å². The number of thiocarbonyl (C=S) groups is 1. The summed E-state index contributed by atoms with van der Waals surface area (Å²) in [7, 11) is 1.72. The number of rotatable bonds is 1. The van der Waals surface area contributed by atoms with Gasteiger partial charge in [-0.15, -0.1) is 0 Å². The Morgan fingerprint density at radius 1 is 1.20 bits per heavy atom. The van der Waals surface area contributed by atoms with Gasteiger partial charge in [0.1, 0.15) is 4.32 Å². The number of hydrogen-bond donors (Lipinski definition) is 0. The largest absolute Gasteiger partial charge is 0.311 e. The number of hydrogen-bond acceptors (Lipinski definition) is 4. The van der Waals surface area contributed by atoms with Gasteiger partial charge in [-0.05, 0) is 13.0 Å². The van der Waals surface area contributed by atoms with Crippen molar-refractivity contribution in [3.63, 3.8) is 0 Å². The van der Waals surface area contributed by atoms with Crippen LogP contribution >= 0.6 is 24.0 Å². The molecule has 4 nitrogen and oxygen atoms in total. The van der Waals surface area contributed by atoms with Gasteiger partial charge in [-0.25, -0.2) is 0 Å². The van der Waals surface area contributed by atoms with Crippen LogP contribution in [0.4, 0.5) is 5.69 Å². The Morgan fingerprint density at radius 3 is 2.55 bits per heavy atom. The minimum atomic E-state index is -0.170. The van der Waals surface area contributed by atoms with Gasteiger partial charge in [0.25, 0.3) is 11.8 Å². The lowest BCUT2D eigenvalue weighted by Crippen LogP contribution is -2.28. The van der Waals surface area contributed by atoms with E-state index in [0.717, 1.165) is 11.3 Å². The minimum absolute atomic E-state index is 0.150. The normalized spacial score (nSPS) is 22.0. The van der Waals surface area contributed by atoms with E-state index in [-0.39, 0.29) is 11.8 Å². The van der Waals surface area contributed by atoms with Crippen LogP contribution in [0.5, 0.6) is 0 Å². The van der Waals surface area contributed by atoms with Crippen LogP contribution in [0.2, 0.25) is 0 Å². The van der Waals surface area contributed by atoms with E-state index in [4.69, 9.17) is 12.2 Å². The van der Waals surface area contributed by atoms with Crippen molar-refractivity contribution in [2.75, 3.05) is 18.5 Å². The molecule has 0 aromatic heterocycles. The van der Waals surface area contributed by atoms with E-state index in [1.807, 2.05) is 31.2 Å². The van der Waals surface area contributed by atoms with E-state index >= 15 is 0 Å². The zero-order valence-corrected chi connectivity index (χ0v) is 12.7. The van der Waals surface area contributed by atoms with Crippen LogP contribution in [0, 0.1) is 0 Å². The predicted molar refractivity (Wildman–Crippen MR) is 84.3 cm³/mol. The summed E-state index contributed by atoms with van der Waals surface area (Å²) in [5.74, 6) is -0.321. The van der Waals surface area contributed by atoms with Crippen molar-refractivity contribution in [1.29, 1.82) is 0 Å². The Morgan fingerprint density at radius 2 is 1.90 bits per heavy atom. The van der Waals surface area contributed by atoms with Gasteiger partial charge in [-0.3, -0.25) is 14.5 Å². The summed E-state index contributed by atoms with van der Waals surface area (Å²) in [6.07, 6.45) is 0. The molecule has 2 aliphatic heterocycles. The molecule has 3 rings (SSSR count). The van der Waals surface area contributed by atoms with E-state index in [1.54, 1.807) is 11.9 Å². The first kappa shape index (κ1) is 13.3. The molecule has 2 amide bonds. The fourth-order valence-electron chi connectivity index (χ4n) is 2.41. The van der Waals surface area contributed by atoms with Crippen LogP contribution in [0.3, 0.4) is 0 Å². The van der Waals surface area contributed by atoms with E-state index in [0.29, 0.717) is 21.3 Å². The van der Waals surface area contributed by atoms with Crippen LogP contribution in [0.25, 0.3) is 5.57 Å². The Labute approximate surface area is 126 Å². The van der Waals surface area contributed by atoms with Gasteiger partial charge in [-0.1, -0.05) is 42.2 Å². The van der Waals surface area contributed by atoms with Crippen LogP contribution in [0.1, 0.15) is 12.5 Å². The van der Waals surface area contributed by atoms with E-state index in [2.05, 4.69) is 0 Å². The summed E-state index contributed by atoms with van der Waals surface area (Å²) in [4.78, 5) is 28.4. The highest BCUT2D eigenvalue weighted by Crippen LogP contribution is 2.43. The molecule has 0 N–H and O–H groups in total. The van der Waals surface area contributed by atoms with Crippen molar-refractivity contribution >= 4 is 51.4 Å². The maximum Gasteiger partial charge on any atom is 0.266 e. The summed E-state index contributed by atoms with van der Waals surface area (Å²) in [5.41, 5.74) is 2.10. The van der Waals surface area contributed by atoms with E-state index < -0.39 is 0 Å². The third kappa shape index (κ3) is 1.72. The summed E-state index contributed by atoms with van der Waals surface area (Å²) in [6, 6.07) is 7.49. The molecule has 0 spiro atoms. The van der Waals surface area contributed by atoms with Crippen LogP contribution in [0.15, 0.2) is 29.2 Å². The number of nitrogens with zero attached hydrogens (tertiary/aromatic N) is 2. The highest BCUT2D eigenvalue weighted by atomic mass is 32.2. The number of thioether (sulfide) groups is 1. The van der Waals surface area contributed by atoms with Crippen LogP contribution in [-0.4, -0.2) is 34.6 Å². The van der Waals surface area contributed by atoms with Crippen molar-refractivity contribution < 1.29 is 9.59 Å². The molecule has 2 aliphatic rings. The number of anilines is 1. The molecule has 0 atom stereocenters. The number of amides is 2. The maximum absolute atomic E-state index is 12.4. The third-order valence-electron chi connectivity index (χ3n) is 3.45. The Balaban J connectivity index is 2.20. The van der Waals surface area contributed by atoms with Gasteiger partial charge >= 0.3 is 0 Å². The van der Waals surface area contributed by atoms with E-state index in [1.165, 1.54) is 16.7 Å². The Kier molecular flexibility index (Phi) is 3.14. The lowest BCUT2D eigenvalue weighted by molar-refractivity contribution is -0.122. The van der Waals surface area contributed by atoms with Gasteiger partial charge in [0.15, 0.2) is 0 Å². The third-order valence-corrected chi connectivity index (χ3v) is 4.89. The second-order valence-corrected chi connectivity index (χ2v) is 6.15. The molecular weight excluding hydrogens is 292 g/mol. The molecule has 20 heavy (non-hydrogen) atoms. The lowest BCUT2D eigenvalue weighted by atomic mass is 10.1. The Bertz CT molecular complexity index is 682. The molecule has 0 bridgehead atoms. The number of carbonyl (C=O) groups excluding carboxylic acids is 2. The van der Waals surface area contributed by atoms with Crippen molar-refractivity contribution in [2.45, 2.75) is 6.92 Å². The molecule has 0 radical (unpaired) electrons. The topological polar surface area (TPSA) is 40.6 Å². The van der Waals surface area contributed by atoms with Gasteiger partial charge in [0.2, 0.25) is 0 Å². The fraction of sp³-hybridized carbons (Fsp3) is 0.214. The number of likely N-dealkylation sites (N-methyl/N-ethyl adjacent to an activating group) is 2. The summed E-state index contributed by atoms with van der Waals surface area (Å²) in [5, 5.41) is 0. The summed E-state index contributed by atoms with van der Waals surface area (Å²) >= 11 is 6.42. The van der Waals surface area contributed by atoms with E-state index in [9.17, 15) is 9.59 Å². The summed E-state index contributed by atoms with van der Waals surface area (Å²) in [6.45, 7) is 2.39. The molecule has 102 valence electrons. The SMILES string of the molecule is CCN1C(=O)/C(=C2\C(=O)N(C)c3ccccc32)SC1=S. The molecule has 1 aromatic rings. The number of benzene rings is 1. The second kappa shape index (κ2) is 4.71. The van der Waals surface area contributed by atoms with Gasteiger partial charge in [0.05, 0.1) is 16.2 Å². The van der Waals surface area contributed by atoms with Crippen molar-refractivity contribution in [3.05, 3.63) is 34.7 Å². The predicted octanol–water partition coefficient (Wildman–Crippen LogP) is 2.25. The highest BCUT2D eigenvalue weighted by molar-refractivity contribution is 8.26. The summed E-state index contributed by atoms with van der Waals surface area (Å²) < 4.78 is 0.514. The fourth-order valence-corrected chi connectivity index (χ4v) is 3.87. The molecular formula is C14H12N2O2S2. The second-order valence-electron chi connectivity index (χ2n) is 4.50. The van der Waals surface area contributed by atoms with Crippen LogP contribution < -0.4 is 4.90 Å². The molecule has 0 saturated carbocycles. The molecule has 1 aromatic carbocycles. The van der Waals surface area contributed by atoms with Gasteiger partial charge in [-0.2, -0.15) is 0 Å².